The third-order valence-corrected chi connectivity index (χ3v) is 3.80. The van der Waals surface area contributed by atoms with Crippen molar-refractivity contribution in [2.45, 2.75) is 39.3 Å². The second kappa shape index (κ2) is 5.71. The van der Waals surface area contributed by atoms with Gasteiger partial charge in [-0.15, -0.1) is 5.10 Å². The Kier molecular flexibility index (Phi) is 3.78. The maximum atomic E-state index is 4.12. The zero-order valence-corrected chi connectivity index (χ0v) is 12.1. The Hall–Kier alpha value is -1.75. The molecule has 0 bridgehead atoms. The molecule has 1 unspecified atom stereocenters. The summed E-state index contributed by atoms with van der Waals surface area (Å²) in [7, 11) is 0. The van der Waals surface area contributed by atoms with Gasteiger partial charge in [0.1, 0.15) is 0 Å². The van der Waals surface area contributed by atoms with Crippen LogP contribution in [0.4, 0.5) is 0 Å². The molecule has 5 heteroatoms. The molecule has 0 spiro atoms. The van der Waals surface area contributed by atoms with Gasteiger partial charge in [0, 0.05) is 5.92 Å². The largest absolute Gasteiger partial charge is 0.310 e. The van der Waals surface area contributed by atoms with E-state index in [1.807, 2.05) is 4.68 Å². The molecule has 1 atom stereocenters. The molecule has 0 fully saturated rings. The Labute approximate surface area is 119 Å². The summed E-state index contributed by atoms with van der Waals surface area (Å²) in [4.78, 5) is 0. The fraction of sp³-hybridized carbons (Fsp3) is 0.533. The molecule has 0 saturated heterocycles. The van der Waals surface area contributed by atoms with Crippen molar-refractivity contribution in [1.29, 1.82) is 0 Å². The van der Waals surface area contributed by atoms with Gasteiger partial charge in [0.2, 0.25) is 0 Å². The molecular formula is C15H21N5. The van der Waals surface area contributed by atoms with Gasteiger partial charge >= 0.3 is 0 Å². The Balaban J connectivity index is 1.61. The quantitative estimate of drug-likeness (QED) is 0.870. The van der Waals surface area contributed by atoms with E-state index < -0.39 is 0 Å². The monoisotopic (exact) mass is 271 g/mol. The molecule has 1 aliphatic carbocycles. The van der Waals surface area contributed by atoms with Gasteiger partial charge in [-0.1, -0.05) is 38.1 Å². The molecule has 1 heterocycles. The minimum atomic E-state index is 0.554. The Morgan fingerprint density at radius 1 is 1.35 bits per heavy atom. The molecule has 106 valence electrons. The van der Waals surface area contributed by atoms with Gasteiger partial charge < -0.3 is 5.32 Å². The van der Waals surface area contributed by atoms with E-state index in [0.717, 1.165) is 31.9 Å². The SMILES string of the molecule is CC(C)CNCc1nnnn1CC1Cc2ccccc21. The Morgan fingerprint density at radius 2 is 2.20 bits per heavy atom. The first-order valence-electron chi connectivity index (χ1n) is 7.27. The second-order valence-electron chi connectivity index (χ2n) is 5.90. The van der Waals surface area contributed by atoms with Crippen molar-refractivity contribution in [2.24, 2.45) is 5.92 Å². The van der Waals surface area contributed by atoms with Crippen molar-refractivity contribution in [1.82, 2.24) is 25.5 Å². The predicted octanol–water partition coefficient (Wildman–Crippen LogP) is 1.76. The van der Waals surface area contributed by atoms with Crippen LogP contribution in [0.15, 0.2) is 24.3 Å². The van der Waals surface area contributed by atoms with Crippen molar-refractivity contribution in [3.05, 3.63) is 41.2 Å². The molecular weight excluding hydrogens is 250 g/mol. The highest BCUT2D eigenvalue weighted by Gasteiger charge is 2.26. The highest BCUT2D eigenvalue weighted by Crippen LogP contribution is 2.35. The Bertz CT molecular complexity index is 575. The maximum absolute atomic E-state index is 4.12. The van der Waals surface area contributed by atoms with Gasteiger partial charge in [-0.3, -0.25) is 0 Å². The van der Waals surface area contributed by atoms with E-state index in [4.69, 9.17) is 0 Å². The van der Waals surface area contributed by atoms with Crippen LogP contribution < -0.4 is 5.32 Å². The van der Waals surface area contributed by atoms with E-state index in [1.54, 1.807) is 0 Å². The molecule has 0 aliphatic heterocycles. The second-order valence-corrected chi connectivity index (χ2v) is 5.90. The maximum Gasteiger partial charge on any atom is 0.165 e. The molecule has 1 aliphatic rings. The fourth-order valence-corrected chi connectivity index (χ4v) is 2.70. The fourth-order valence-electron chi connectivity index (χ4n) is 2.70. The number of tetrazole rings is 1. The van der Waals surface area contributed by atoms with Gasteiger partial charge in [-0.25, -0.2) is 4.68 Å². The highest BCUT2D eigenvalue weighted by molar-refractivity contribution is 5.39. The molecule has 0 radical (unpaired) electrons. The average molecular weight is 271 g/mol. The molecule has 1 aromatic heterocycles. The summed E-state index contributed by atoms with van der Waals surface area (Å²) in [6.45, 7) is 6.99. The standard InChI is InChI=1S/C15H21N5/c1-11(2)8-16-9-15-17-18-19-20(15)10-13-7-12-5-3-4-6-14(12)13/h3-6,11,13,16H,7-10H2,1-2H3. The number of nitrogens with one attached hydrogen (secondary N) is 1. The zero-order valence-electron chi connectivity index (χ0n) is 12.1. The third kappa shape index (κ3) is 2.72. The van der Waals surface area contributed by atoms with E-state index in [0.29, 0.717) is 11.8 Å². The van der Waals surface area contributed by atoms with Crippen molar-refractivity contribution >= 4 is 0 Å². The molecule has 3 rings (SSSR count). The Morgan fingerprint density at radius 3 is 3.00 bits per heavy atom. The minimum absolute atomic E-state index is 0.554. The van der Waals surface area contributed by atoms with Gasteiger partial charge in [-0.05, 0) is 40.4 Å². The number of nitrogens with zero attached hydrogens (tertiary/aromatic N) is 4. The lowest BCUT2D eigenvalue weighted by Crippen LogP contribution is -2.26. The van der Waals surface area contributed by atoms with Crippen LogP contribution >= 0.6 is 0 Å². The molecule has 0 saturated carbocycles. The lowest BCUT2D eigenvalue weighted by molar-refractivity contribution is 0.442. The molecule has 0 amide bonds. The summed E-state index contributed by atoms with van der Waals surface area (Å²) in [5, 5.41) is 15.4. The number of hydrogen-bond donors (Lipinski definition) is 1. The number of fused-ring (bicyclic) bond motifs is 1. The third-order valence-electron chi connectivity index (χ3n) is 3.80. The normalized spacial score (nSPS) is 17.1. The van der Waals surface area contributed by atoms with E-state index in [1.165, 1.54) is 11.1 Å². The number of benzene rings is 1. The van der Waals surface area contributed by atoms with E-state index in [2.05, 4.69) is 59.0 Å². The summed E-state index contributed by atoms with van der Waals surface area (Å²) in [5.41, 5.74) is 2.91. The first kappa shape index (κ1) is 13.2. The number of rotatable bonds is 6. The molecule has 5 nitrogen and oxygen atoms in total. The van der Waals surface area contributed by atoms with Gasteiger partial charge in [0.25, 0.3) is 0 Å². The van der Waals surface area contributed by atoms with Crippen LogP contribution in [0.2, 0.25) is 0 Å². The van der Waals surface area contributed by atoms with Gasteiger partial charge in [0.05, 0.1) is 13.1 Å². The first-order chi connectivity index (χ1) is 9.74. The molecule has 1 aromatic carbocycles. The van der Waals surface area contributed by atoms with Crippen molar-refractivity contribution in [3.63, 3.8) is 0 Å². The molecule has 2 aromatic rings. The van der Waals surface area contributed by atoms with Gasteiger partial charge in [0.15, 0.2) is 5.82 Å². The average Bonchev–Trinajstić information content (AvgIpc) is 2.83. The van der Waals surface area contributed by atoms with E-state index in [-0.39, 0.29) is 0 Å². The first-order valence-corrected chi connectivity index (χ1v) is 7.27. The lowest BCUT2D eigenvalue weighted by Gasteiger charge is -2.29. The predicted molar refractivity (Wildman–Crippen MR) is 77.2 cm³/mol. The van der Waals surface area contributed by atoms with Crippen molar-refractivity contribution in [2.75, 3.05) is 6.54 Å². The van der Waals surface area contributed by atoms with Crippen molar-refractivity contribution < 1.29 is 0 Å². The topological polar surface area (TPSA) is 55.6 Å². The van der Waals surface area contributed by atoms with Crippen LogP contribution in [0.5, 0.6) is 0 Å². The summed E-state index contributed by atoms with van der Waals surface area (Å²) in [6, 6.07) is 8.63. The summed E-state index contributed by atoms with van der Waals surface area (Å²) < 4.78 is 1.94. The minimum Gasteiger partial charge on any atom is -0.310 e. The van der Waals surface area contributed by atoms with Crippen LogP contribution in [0.3, 0.4) is 0 Å². The van der Waals surface area contributed by atoms with Gasteiger partial charge in [-0.2, -0.15) is 0 Å². The van der Waals surface area contributed by atoms with Crippen LogP contribution in [0.1, 0.15) is 36.7 Å². The summed E-state index contributed by atoms with van der Waals surface area (Å²) in [5.74, 6) is 2.12. The number of hydrogen-bond acceptors (Lipinski definition) is 4. The zero-order chi connectivity index (χ0) is 13.9. The van der Waals surface area contributed by atoms with E-state index in [9.17, 15) is 0 Å². The lowest BCUT2D eigenvalue weighted by atomic mass is 9.78. The smallest absolute Gasteiger partial charge is 0.165 e. The summed E-state index contributed by atoms with van der Waals surface area (Å²) in [6.07, 6.45) is 1.13. The van der Waals surface area contributed by atoms with Crippen molar-refractivity contribution in [3.8, 4) is 0 Å². The van der Waals surface area contributed by atoms with E-state index >= 15 is 0 Å². The van der Waals surface area contributed by atoms with Crippen LogP contribution in [0, 0.1) is 5.92 Å². The highest BCUT2D eigenvalue weighted by atomic mass is 15.5. The molecule has 1 N–H and O–H groups in total. The van der Waals surface area contributed by atoms with Crippen LogP contribution in [-0.4, -0.2) is 26.8 Å². The number of aromatic nitrogens is 4. The van der Waals surface area contributed by atoms with Crippen LogP contribution in [0.25, 0.3) is 0 Å². The summed E-state index contributed by atoms with van der Waals surface area (Å²) >= 11 is 0. The van der Waals surface area contributed by atoms with Crippen LogP contribution in [-0.2, 0) is 19.5 Å². The molecule has 20 heavy (non-hydrogen) atoms.